The van der Waals surface area contributed by atoms with Crippen LogP contribution in [0.25, 0.3) is 22.2 Å². The molecule has 1 aromatic carbocycles. The minimum Gasteiger partial charge on any atom is -0.355 e. The standard InChI is InChI=1S/C14H12N2/c1-10-2-3-13-12(8-10)9-14(16-13)11-4-6-15-7-5-11/h2-9,16H,1H3. The van der Waals surface area contributed by atoms with Crippen molar-refractivity contribution < 1.29 is 0 Å². The Bertz CT molecular complexity index is 624. The van der Waals surface area contributed by atoms with E-state index in [-0.39, 0.29) is 0 Å². The van der Waals surface area contributed by atoms with Gasteiger partial charge in [0.15, 0.2) is 0 Å². The summed E-state index contributed by atoms with van der Waals surface area (Å²) in [5.41, 5.74) is 4.78. The summed E-state index contributed by atoms with van der Waals surface area (Å²) < 4.78 is 0. The highest BCUT2D eigenvalue weighted by Gasteiger charge is 2.02. The van der Waals surface area contributed by atoms with E-state index < -0.39 is 0 Å². The Morgan fingerprint density at radius 3 is 2.62 bits per heavy atom. The number of H-pyrrole nitrogens is 1. The maximum absolute atomic E-state index is 4.03. The maximum Gasteiger partial charge on any atom is 0.0465 e. The molecule has 0 aliphatic heterocycles. The number of fused-ring (bicyclic) bond motifs is 1. The van der Waals surface area contributed by atoms with Crippen molar-refractivity contribution >= 4 is 10.9 Å². The molecule has 1 N–H and O–H groups in total. The molecule has 3 aromatic rings. The van der Waals surface area contributed by atoms with Gasteiger partial charge in [-0.1, -0.05) is 11.6 Å². The number of pyridine rings is 1. The number of aromatic nitrogens is 2. The molecule has 2 heterocycles. The molecular formula is C14H12N2. The summed E-state index contributed by atoms with van der Waals surface area (Å²) in [6.07, 6.45) is 3.62. The molecule has 0 amide bonds. The fourth-order valence-electron chi connectivity index (χ4n) is 1.94. The molecule has 78 valence electrons. The van der Waals surface area contributed by atoms with Crippen LogP contribution in [0, 0.1) is 6.92 Å². The largest absolute Gasteiger partial charge is 0.355 e. The van der Waals surface area contributed by atoms with Crippen molar-refractivity contribution in [3.05, 3.63) is 54.4 Å². The summed E-state index contributed by atoms with van der Waals surface area (Å²) in [7, 11) is 0. The average Bonchev–Trinajstić information content (AvgIpc) is 2.73. The molecule has 16 heavy (non-hydrogen) atoms. The van der Waals surface area contributed by atoms with E-state index in [4.69, 9.17) is 0 Å². The van der Waals surface area contributed by atoms with Crippen molar-refractivity contribution in [3.8, 4) is 11.3 Å². The van der Waals surface area contributed by atoms with Crippen molar-refractivity contribution in [2.45, 2.75) is 6.92 Å². The van der Waals surface area contributed by atoms with Crippen LogP contribution in [0.3, 0.4) is 0 Å². The molecule has 0 radical (unpaired) electrons. The second kappa shape index (κ2) is 3.49. The predicted octanol–water partition coefficient (Wildman–Crippen LogP) is 3.54. The lowest BCUT2D eigenvalue weighted by Crippen LogP contribution is -1.76. The number of rotatable bonds is 1. The third-order valence-electron chi connectivity index (χ3n) is 2.77. The number of hydrogen-bond donors (Lipinski definition) is 1. The lowest BCUT2D eigenvalue weighted by molar-refractivity contribution is 1.32. The molecule has 0 bridgehead atoms. The van der Waals surface area contributed by atoms with E-state index >= 15 is 0 Å². The monoisotopic (exact) mass is 208 g/mol. The van der Waals surface area contributed by atoms with Gasteiger partial charge in [-0.2, -0.15) is 0 Å². The van der Waals surface area contributed by atoms with Crippen LogP contribution >= 0.6 is 0 Å². The third kappa shape index (κ3) is 1.48. The van der Waals surface area contributed by atoms with E-state index in [0.29, 0.717) is 0 Å². The molecule has 0 saturated heterocycles. The Kier molecular flexibility index (Phi) is 2.00. The summed E-state index contributed by atoms with van der Waals surface area (Å²) in [5.74, 6) is 0. The van der Waals surface area contributed by atoms with Crippen LogP contribution in [0.4, 0.5) is 0 Å². The molecule has 3 rings (SSSR count). The zero-order valence-electron chi connectivity index (χ0n) is 9.07. The highest BCUT2D eigenvalue weighted by Crippen LogP contribution is 2.24. The van der Waals surface area contributed by atoms with Gasteiger partial charge < -0.3 is 4.98 Å². The van der Waals surface area contributed by atoms with Crippen LogP contribution in [-0.2, 0) is 0 Å². The topological polar surface area (TPSA) is 28.7 Å². The fourth-order valence-corrected chi connectivity index (χ4v) is 1.94. The van der Waals surface area contributed by atoms with Gasteiger partial charge in [-0.3, -0.25) is 4.98 Å². The van der Waals surface area contributed by atoms with E-state index in [1.54, 1.807) is 0 Å². The fraction of sp³-hybridized carbons (Fsp3) is 0.0714. The van der Waals surface area contributed by atoms with Crippen molar-refractivity contribution in [3.63, 3.8) is 0 Å². The number of aryl methyl sites for hydroxylation is 1. The quantitative estimate of drug-likeness (QED) is 0.651. The Hall–Kier alpha value is -2.09. The summed E-state index contributed by atoms with van der Waals surface area (Å²) >= 11 is 0. The maximum atomic E-state index is 4.03. The van der Waals surface area contributed by atoms with Gasteiger partial charge in [-0.05, 0) is 37.3 Å². The normalized spacial score (nSPS) is 10.8. The highest BCUT2D eigenvalue weighted by molar-refractivity contribution is 5.86. The molecule has 0 aliphatic rings. The van der Waals surface area contributed by atoms with Crippen LogP contribution in [0.5, 0.6) is 0 Å². The first-order valence-electron chi connectivity index (χ1n) is 5.33. The van der Waals surface area contributed by atoms with Gasteiger partial charge in [0.1, 0.15) is 0 Å². The molecule has 2 heteroatoms. The van der Waals surface area contributed by atoms with E-state index in [1.165, 1.54) is 22.0 Å². The molecule has 2 aromatic heterocycles. The SMILES string of the molecule is Cc1ccc2[nH]c(-c3ccncc3)cc2c1. The molecule has 0 spiro atoms. The number of aromatic amines is 1. The van der Waals surface area contributed by atoms with E-state index in [1.807, 2.05) is 24.5 Å². The molecule has 0 atom stereocenters. The van der Waals surface area contributed by atoms with Gasteiger partial charge in [0, 0.05) is 34.6 Å². The van der Waals surface area contributed by atoms with Gasteiger partial charge in [-0.25, -0.2) is 0 Å². The molecule has 0 unspecified atom stereocenters. The lowest BCUT2D eigenvalue weighted by atomic mass is 10.1. The van der Waals surface area contributed by atoms with Crippen LogP contribution in [-0.4, -0.2) is 9.97 Å². The lowest BCUT2D eigenvalue weighted by Gasteiger charge is -1.94. The van der Waals surface area contributed by atoms with Crippen molar-refractivity contribution in [2.75, 3.05) is 0 Å². The first-order chi connectivity index (χ1) is 7.83. The van der Waals surface area contributed by atoms with Crippen molar-refractivity contribution in [1.82, 2.24) is 9.97 Å². The minimum absolute atomic E-state index is 1.14. The number of benzene rings is 1. The zero-order valence-corrected chi connectivity index (χ0v) is 9.07. The van der Waals surface area contributed by atoms with Crippen LogP contribution in [0.15, 0.2) is 48.8 Å². The summed E-state index contributed by atoms with van der Waals surface area (Å²) in [6, 6.07) is 12.6. The van der Waals surface area contributed by atoms with Gasteiger partial charge >= 0.3 is 0 Å². The second-order valence-electron chi connectivity index (χ2n) is 4.01. The van der Waals surface area contributed by atoms with Gasteiger partial charge in [0.05, 0.1) is 0 Å². The van der Waals surface area contributed by atoms with Gasteiger partial charge in [0.25, 0.3) is 0 Å². The average molecular weight is 208 g/mol. The van der Waals surface area contributed by atoms with Crippen LogP contribution < -0.4 is 0 Å². The summed E-state index contributed by atoms with van der Waals surface area (Å²) in [4.78, 5) is 7.44. The van der Waals surface area contributed by atoms with E-state index in [2.05, 4.69) is 41.2 Å². The number of nitrogens with one attached hydrogen (secondary N) is 1. The Morgan fingerprint density at radius 2 is 1.81 bits per heavy atom. The van der Waals surface area contributed by atoms with Gasteiger partial charge in [-0.15, -0.1) is 0 Å². The summed E-state index contributed by atoms with van der Waals surface area (Å²) in [5, 5.41) is 1.26. The number of nitrogens with zero attached hydrogens (tertiary/aromatic N) is 1. The van der Waals surface area contributed by atoms with Crippen LogP contribution in [0.1, 0.15) is 5.56 Å². The zero-order chi connectivity index (χ0) is 11.0. The first-order valence-corrected chi connectivity index (χ1v) is 5.33. The molecule has 0 fully saturated rings. The Labute approximate surface area is 94.0 Å². The molecule has 0 saturated carbocycles. The Balaban J connectivity index is 2.19. The molecule has 0 aliphatic carbocycles. The second-order valence-corrected chi connectivity index (χ2v) is 4.01. The first kappa shape index (κ1) is 9.16. The van der Waals surface area contributed by atoms with Gasteiger partial charge in [0.2, 0.25) is 0 Å². The molecular weight excluding hydrogens is 196 g/mol. The van der Waals surface area contributed by atoms with Crippen molar-refractivity contribution in [2.24, 2.45) is 0 Å². The van der Waals surface area contributed by atoms with Crippen LogP contribution in [0.2, 0.25) is 0 Å². The molecule has 2 nitrogen and oxygen atoms in total. The van der Waals surface area contributed by atoms with E-state index in [0.717, 1.165) is 5.69 Å². The Morgan fingerprint density at radius 1 is 1.00 bits per heavy atom. The highest BCUT2D eigenvalue weighted by atomic mass is 14.7. The predicted molar refractivity (Wildman–Crippen MR) is 66.3 cm³/mol. The minimum atomic E-state index is 1.14. The third-order valence-corrected chi connectivity index (χ3v) is 2.77. The van der Waals surface area contributed by atoms with E-state index in [9.17, 15) is 0 Å². The summed E-state index contributed by atoms with van der Waals surface area (Å²) in [6.45, 7) is 2.11. The smallest absolute Gasteiger partial charge is 0.0465 e. The van der Waals surface area contributed by atoms with Crippen molar-refractivity contribution in [1.29, 1.82) is 0 Å². The number of hydrogen-bond acceptors (Lipinski definition) is 1.